The molecular formula is C24H21N7O. The van der Waals surface area contributed by atoms with Gasteiger partial charge in [0.2, 0.25) is 5.88 Å². The normalized spacial score (nSPS) is 12.9. The molecule has 5 aromatic rings. The Kier molecular flexibility index (Phi) is 4.34. The average molecular weight is 423 g/mol. The van der Waals surface area contributed by atoms with Crippen LogP contribution < -0.4 is 10.5 Å². The lowest BCUT2D eigenvalue weighted by Crippen LogP contribution is -2.03. The first-order valence-electron chi connectivity index (χ1n) is 10.6. The zero-order valence-corrected chi connectivity index (χ0v) is 17.3. The van der Waals surface area contributed by atoms with Crippen LogP contribution >= 0.6 is 0 Å². The van der Waals surface area contributed by atoms with Crippen LogP contribution in [0.15, 0.2) is 60.9 Å². The molecule has 1 aliphatic rings. The third kappa shape index (κ3) is 3.17. The standard InChI is InChI=1S/C24H21N7O/c25-22-19(5-2-11-26-22)23-28-20-8-9-21(32-14-17-10-12-27-30-17)29-24(20)31(23)18-7-6-15-3-1-4-16(15)13-18/h2,5-13H,1,3-4,14H2,(H2,25,26)(H,27,30). The van der Waals surface area contributed by atoms with Crippen molar-refractivity contribution in [1.82, 2.24) is 29.7 Å². The third-order valence-corrected chi connectivity index (χ3v) is 5.83. The van der Waals surface area contributed by atoms with Gasteiger partial charge in [0.05, 0.1) is 11.3 Å². The summed E-state index contributed by atoms with van der Waals surface area (Å²) < 4.78 is 7.95. The second-order valence-corrected chi connectivity index (χ2v) is 7.88. The quantitative estimate of drug-likeness (QED) is 0.445. The lowest BCUT2D eigenvalue weighted by atomic mass is 10.1. The number of benzene rings is 1. The molecule has 0 atom stereocenters. The molecule has 1 aliphatic carbocycles. The Morgan fingerprint density at radius 2 is 1.94 bits per heavy atom. The van der Waals surface area contributed by atoms with Crippen molar-refractivity contribution in [3.8, 4) is 23.0 Å². The summed E-state index contributed by atoms with van der Waals surface area (Å²) in [6.45, 7) is 0.355. The summed E-state index contributed by atoms with van der Waals surface area (Å²) in [5.41, 5.74) is 13.1. The molecule has 6 rings (SSSR count). The predicted octanol–water partition coefficient (Wildman–Crippen LogP) is 3.86. The topological polar surface area (TPSA) is 108 Å². The molecule has 0 aliphatic heterocycles. The molecule has 0 radical (unpaired) electrons. The number of ether oxygens (including phenoxy) is 1. The molecule has 8 nitrogen and oxygen atoms in total. The van der Waals surface area contributed by atoms with Crippen LogP contribution in [0.2, 0.25) is 0 Å². The van der Waals surface area contributed by atoms with E-state index in [9.17, 15) is 0 Å². The molecule has 0 fully saturated rings. The number of aryl methyl sites for hydroxylation is 2. The molecule has 0 bridgehead atoms. The monoisotopic (exact) mass is 423 g/mol. The van der Waals surface area contributed by atoms with Gasteiger partial charge in [-0.2, -0.15) is 10.1 Å². The molecule has 3 N–H and O–H groups in total. The third-order valence-electron chi connectivity index (χ3n) is 5.83. The van der Waals surface area contributed by atoms with Gasteiger partial charge in [-0.15, -0.1) is 0 Å². The first kappa shape index (κ1) is 18.6. The number of hydrogen-bond donors (Lipinski definition) is 2. The first-order valence-corrected chi connectivity index (χ1v) is 10.6. The second kappa shape index (κ2) is 7.49. The highest BCUT2D eigenvalue weighted by molar-refractivity contribution is 5.83. The van der Waals surface area contributed by atoms with Gasteiger partial charge in [0.15, 0.2) is 11.5 Å². The van der Waals surface area contributed by atoms with E-state index < -0.39 is 0 Å². The molecule has 0 saturated heterocycles. The minimum Gasteiger partial charge on any atom is -0.471 e. The second-order valence-electron chi connectivity index (χ2n) is 7.88. The van der Waals surface area contributed by atoms with E-state index in [4.69, 9.17) is 20.4 Å². The highest BCUT2D eigenvalue weighted by Crippen LogP contribution is 2.33. The summed E-state index contributed by atoms with van der Waals surface area (Å²) in [5.74, 6) is 1.66. The smallest absolute Gasteiger partial charge is 0.215 e. The molecule has 8 heteroatoms. The Bertz CT molecular complexity index is 1420. The number of aromatic nitrogens is 6. The Balaban J connectivity index is 1.51. The molecule has 0 amide bonds. The van der Waals surface area contributed by atoms with Crippen LogP contribution in [0.1, 0.15) is 23.2 Å². The number of aromatic amines is 1. The van der Waals surface area contributed by atoms with Gasteiger partial charge >= 0.3 is 0 Å². The highest BCUT2D eigenvalue weighted by Gasteiger charge is 2.20. The predicted molar refractivity (Wildman–Crippen MR) is 121 cm³/mol. The number of H-pyrrole nitrogens is 1. The van der Waals surface area contributed by atoms with Gasteiger partial charge in [0.1, 0.15) is 17.9 Å². The lowest BCUT2D eigenvalue weighted by molar-refractivity contribution is 0.290. The van der Waals surface area contributed by atoms with Crippen LogP contribution in [0, 0.1) is 0 Å². The van der Waals surface area contributed by atoms with Crippen molar-refractivity contribution in [3.05, 3.63) is 77.7 Å². The lowest BCUT2D eigenvalue weighted by Gasteiger charge is -2.12. The SMILES string of the molecule is Nc1ncccc1-c1nc2ccc(OCc3ccn[nH]3)nc2n1-c1ccc2c(c1)CCC2. The number of fused-ring (bicyclic) bond motifs is 2. The average Bonchev–Trinajstić information content (AvgIpc) is 3.56. The highest BCUT2D eigenvalue weighted by atomic mass is 16.5. The van der Waals surface area contributed by atoms with E-state index in [0.29, 0.717) is 29.8 Å². The van der Waals surface area contributed by atoms with E-state index >= 15 is 0 Å². The molecule has 4 heterocycles. The molecule has 0 unspecified atom stereocenters. The number of pyridine rings is 2. The molecular weight excluding hydrogens is 402 g/mol. The van der Waals surface area contributed by atoms with Crippen LogP contribution in [0.5, 0.6) is 5.88 Å². The number of hydrogen-bond acceptors (Lipinski definition) is 6. The molecule has 32 heavy (non-hydrogen) atoms. The molecule has 0 spiro atoms. The van der Waals surface area contributed by atoms with Crippen LogP contribution in [0.25, 0.3) is 28.2 Å². The van der Waals surface area contributed by atoms with Crippen LogP contribution in [0.4, 0.5) is 5.82 Å². The van der Waals surface area contributed by atoms with Crippen molar-refractivity contribution in [2.45, 2.75) is 25.9 Å². The summed E-state index contributed by atoms with van der Waals surface area (Å²) in [5, 5.41) is 6.85. The van der Waals surface area contributed by atoms with Gasteiger partial charge in [0.25, 0.3) is 0 Å². The Labute approximate surface area is 184 Å². The summed E-state index contributed by atoms with van der Waals surface area (Å²) >= 11 is 0. The fourth-order valence-electron chi connectivity index (χ4n) is 4.27. The van der Waals surface area contributed by atoms with E-state index in [1.807, 2.05) is 34.9 Å². The van der Waals surface area contributed by atoms with Gasteiger partial charge in [0, 0.05) is 24.1 Å². The van der Waals surface area contributed by atoms with Crippen molar-refractivity contribution in [2.75, 3.05) is 5.73 Å². The minimum atomic E-state index is 0.355. The minimum absolute atomic E-state index is 0.355. The maximum absolute atomic E-state index is 6.22. The van der Waals surface area contributed by atoms with E-state index in [1.54, 1.807) is 12.4 Å². The van der Waals surface area contributed by atoms with Gasteiger partial charge in [-0.25, -0.2) is 9.97 Å². The number of imidazole rings is 1. The Hall–Kier alpha value is -4.20. The number of rotatable bonds is 5. The first-order chi connectivity index (χ1) is 15.8. The maximum atomic E-state index is 6.22. The van der Waals surface area contributed by atoms with Gasteiger partial charge in [-0.3, -0.25) is 9.67 Å². The van der Waals surface area contributed by atoms with E-state index in [-0.39, 0.29) is 0 Å². The summed E-state index contributed by atoms with van der Waals surface area (Å²) in [7, 11) is 0. The summed E-state index contributed by atoms with van der Waals surface area (Å²) in [6, 6.07) is 16.0. The van der Waals surface area contributed by atoms with E-state index in [2.05, 4.69) is 33.4 Å². The molecule has 158 valence electrons. The fraction of sp³-hybridized carbons (Fsp3) is 0.167. The van der Waals surface area contributed by atoms with E-state index in [0.717, 1.165) is 35.3 Å². The zero-order valence-electron chi connectivity index (χ0n) is 17.3. The van der Waals surface area contributed by atoms with Gasteiger partial charge in [-0.1, -0.05) is 6.07 Å². The molecule has 4 aromatic heterocycles. The van der Waals surface area contributed by atoms with Gasteiger partial charge in [-0.05, 0) is 66.8 Å². The summed E-state index contributed by atoms with van der Waals surface area (Å²) in [6.07, 6.45) is 6.79. The van der Waals surface area contributed by atoms with Crippen molar-refractivity contribution in [1.29, 1.82) is 0 Å². The fourth-order valence-corrected chi connectivity index (χ4v) is 4.27. The van der Waals surface area contributed by atoms with Crippen LogP contribution in [-0.4, -0.2) is 29.7 Å². The zero-order chi connectivity index (χ0) is 21.5. The largest absolute Gasteiger partial charge is 0.471 e. The Morgan fingerprint density at radius 3 is 2.81 bits per heavy atom. The van der Waals surface area contributed by atoms with Crippen LogP contribution in [-0.2, 0) is 19.4 Å². The maximum Gasteiger partial charge on any atom is 0.215 e. The molecule has 1 aromatic carbocycles. The number of nitrogen functional groups attached to an aromatic ring is 1. The summed E-state index contributed by atoms with van der Waals surface area (Å²) in [4.78, 5) is 13.9. The number of nitrogens with zero attached hydrogens (tertiary/aromatic N) is 5. The van der Waals surface area contributed by atoms with Gasteiger partial charge < -0.3 is 10.5 Å². The molecule has 0 saturated carbocycles. The van der Waals surface area contributed by atoms with Crippen molar-refractivity contribution >= 4 is 17.0 Å². The number of nitrogens with one attached hydrogen (secondary N) is 1. The number of nitrogens with two attached hydrogens (primary N) is 1. The van der Waals surface area contributed by atoms with Crippen molar-refractivity contribution in [3.63, 3.8) is 0 Å². The van der Waals surface area contributed by atoms with E-state index in [1.165, 1.54) is 17.5 Å². The Morgan fingerprint density at radius 1 is 1.00 bits per heavy atom. The van der Waals surface area contributed by atoms with Crippen LogP contribution in [0.3, 0.4) is 0 Å². The van der Waals surface area contributed by atoms with Crippen molar-refractivity contribution < 1.29 is 4.74 Å². The van der Waals surface area contributed by atoms with Crippen molar-refractivity contribution in [2.24, 2.45) is 0 Å². The number of anilines is 1.